The molecule has 7 heteroatoms. The lowest BCUT2D eigenvalue weighted by Crippen LogP contribution is -2.36. The first-order chi connectivity index (χ1) is 16.6. The lowest BCUT2D eigenvalue weighted by molar-refractivity contribution is -0.121. The van der Waals surface area contributed by atoms with Crippen LogP contribution in [0.3, 0.4) is 0 Å². The standard InChI is InChI=1S/C27H27N5OS/c1-18-9-3-6-15-24(18)32-25(21-12-8-16-28-17-21)30-31-27(32)34-19(2)26(33)29-23-14-7-11-20-10-4-5-13-22(20)23/h3-6,8-10,12-13,15-17,19,23H,7,11,14H2,1-2H3,(H,29,33). The summed E-state index contributed by atoms with van der Waals surface area (Å²) in [4.78, 5) is 17.5. The number of pyridine rings is 1. The highest BCUT2D eigenvalue weighted by Gasteiger charge is 2.26. The van der Waals surface area contributed by atoms with Gasteiger partial charge in [0.25, 0.3) is 0 Å². The zero-order valence-corrected chi connectivity index (χ0v) is 20.1. The Labute approximate surface area is 203 Å². The van der Waals surface area contributed by atoms with Gasteiger partial charge in [0.1, 0.15) is 0 Å². The maximum Gasteiger partial charge on any atom is 0.233 e. The number of rotatable bonds is 6. The fourth-order valence-corrected chi connectivity index (χ4v) is 5.33. The highest BCUT2D eigenvalue weighted by molar-refractivity contribution is 8.00. The summed E-state index contributed by atoms with van der Waals surface area (Å²) in [6, 6.07) is 20.4. The molecule has 0 radical (unpaired) electrons. The number of thioether (sulfide) groups is 1. The fourth-order valence-electron chi connectivity index (χ4n) is 4.46. The van der Waals surface area contributed by atoms with E-state index < -0.39 is 0 Å². The molecule has 1 N–H and O–H groups in total. The summed E-state index contributed by atoms with van der Waals surface area (Å²) in [5, 5.41) is 12.6. The summed E-state index contributed by atoms with van der Waals surface area (Å²) in [5.41, 5.74) is 5.54. The van der Waals surface area contributed by atoms with Gasteiger partial charge >= 0.3 is 0 Å². The second-order valence-electron chi connectivity index (χ2n) is 8.58. The van der Waals surface area contributed by atoms with Crippen molar-refractivity contribution in [2.45, 2.75) is 49.6 Å². The molecule has 5 rings (SSSR count). The van der Waals surface area contributed by atoms with E-state index in [0.717, 1.165) is 36.1 Å². The average Bonchev–Trinajstić information content (AvgIpc) is 3.28. The number of hydrogen-bond donors (Lipinski definition) is 1. The number of para-hydroxylation sites is 1. The van der Waals surface area contributed by atoms with Gasteiger partial charge in [0.15, 0.2) is 11.0 Å². The van der Waals surface area contributed by atoms with Gasteiger partial charge in [-0.2, -0.15) is 0 Å². The maximum atomic E-state index is 13.2. The van der Waals surface area contributed by atoms with Crippen LogP contribution in [0, 0.1) is 6.92 Å². The van der Waals surface area contributed by atoms with E-state index in [1.54, 1.807) is 12.4 Å². The van der Waals surface area contributed by atoms with Gasteiger partial charge in [0.2, 0.25) is 5.91 Å². The third-order valence-corrected chi connectivity index (χ3v) is 7.29. The van der Waals surface area contributed by atoms with Crippen molar-refractivity contribution >= 4 is 17.7 Å². The van der Waals surface area contributed by atoms with Crippen LogP contribution in [0.15, 0.2) is 78.2 Å². The molecule has 4 aromatic rings. The van der Waals surface area contributed by atoms with Crippen molar-refractivity contribution in [2.24, 2.45) is 0 Å². The quantitative estimate of drug-likeness (QED) is 0.387. The topological polar surface area (TPSA) is 72.7 Å². The lowest BCUT2D eigenvalue weighted by Gasteiger charge is -2.27. The van der Waals surface area contributed by atoms with Crippen molar-refractivity contribution in [3.8, 4) is 17.1 Å². The van der Waals surface area contributed by atoms with Crippen molar-refractivity contribution < 1.29 is 4.79 Å². The van der Waals surface area contributed by atoms with Gasteiger partial charge in [0, 0.05) is 18.0 Å². The van der Waals surface area contributed by atoms with E-state index >= 15 is 0 Å². The van der Waals surface area contributed by atoms with Crippen LogP contribution in [0.25, 0.3) is 17.1 Å². The number of aromatic nitrogens is 4. The number of benzene rings is 2. The van der Waals surface area contributed by atoms with Crippen LogP contribution in [0.1, 0.15) is 42.5 Å². The number of nitrogens with zero attached hydrogens (tertiary/aromatic N) is 4. The summed E-state index contributed by atoms with van der Waals surface area (Å²) in [5.74, 6) is 0.715. The molecule has 1 amide bonds. The predicted molar refractivity (Wildman–Crippen MR) is 135 cm³/mol. The number of carbonyl (C=O) groups excluding carboxylic acids is 1. The number of amides is 1. The van der Waals surface area contributed by atoms with E-state index in [4.69, 9.17) is 0 Å². The molecule has 0 fully saturated rings. The molecule has 0 saturated heterocycles. The average molecular weight is 470 g/mol. The Kier molecular flexibility index (Phi) is 6.45. The van der Waals surface area contributed by atoms with Crippen LogP contribution >= 0.6 is 11.8 Å². The molecule has 172 valence electrons. The molecule has 6 nitrogen and oxygen atoms in total. The van der Waals surface area contributed by atoms with Crippen molar-refractivity contribution in [1.82, 2.24) is 25.1 Å². The number of nitrogens with one attached hydrogen (secondary N) is 1. The minimum atomic E-state index is -0.331. The van der Waals surface area contributed by atoms with Crippen LogP contribution in [-0.2, 0) is 11.2 Å². The maximum absolute atomic E-state index is 13.2. The lowest BCUT2D eigenvalue weighted by atomic mass is 9.88. The summed E-state index contributed by atoms with van der Waals surface area (Å²) >= 11 is 1.42. The van der Waals surface area contributed by atoms with Gasteiger partial charge in [-0.3, -0.25) is 14.3 Å². The number of fused-ring (bicyclic) bond motifs is 1. The minimum Gasteiger partial charge on any atom is -0.348 e. The number of carbonyl (C=O) groups is 1. The van der Waals surface area contributed by atoms with E-state index in [2.05, 4.69) is 51.7 Å². The predicted octanol–water partition coefficient (Wildman–Crippen LogP) is 5.31. The highest BCUT2D eigenvalue weighted by atomic mass is 32.2. The Bertz CT molecular complexity index is 1300. The molecule has 0 bridgehead atoms. The van der Waals surface area contributed by atoms with Crippen molar-refractivity contribution in [2.75, 3.05) is 0 Å². The summed E-state index contributed by atoms with van der Waals surface area (Å²) in [6.45, 7) is 3.99. The zero-order valence-electron chi connectivity index (χ0n) is 19.3. The molecule has 2 aromatic carbocycles. The van der Waals surface area contributed by atoms with Crippen LogP contribution in [0.2, 0.25) is 0 Å². The van der Waals surface area contributed by atoms with Crippen molar-refractivity contribution in [1.29, 1.82) is 0 Å². The Balaban J connectivity index is 1.42. The summed E-state index contributed by atoms with van der Waals surface area (Å²) in [6.07, 6.45) is 6.64. The molecule has 0 saturated carbocycles. The molecule has 34 heavy (non-hydrogen) atoms. The first-order valence-electron chi connectivity index (χ1n) is 11.6. The van der Waals surface area contributed by atoms with Gasteiger partial charge < -0.3 is 5.32 Å². The van der Waals surface area contributed by atoms with Gasteiger partial charge in [-0.15, -0.1) is 10.2 Å². The van der Waals surface area contributed by atoms with E-state index in [-0.39, 0.29) is 17.2 Å². The second-order valence-corrected chi connectivity index (χ2v) is 9.89. The zero-order chi connectivity index (χ0) is 23.5. The normalized spacial score (nSPS) is 16.0. The van der Waals surface area contributed by atoms with E-state index in [1.807, 2.05) is 47.9 Å². The number of aryl methyl sites for hydroxylation is 2. The van der Waals surface area contributed by atoms with Gasteiger partial charge in [-0.05, 0) is 68.0 Å². The second kappa shape index (κ2) is 9.81. The molecule has 2 atom stereocenters. The molecule has 2 aromatic heterocycles. The van der Waals surface area contributed by atoms with Crippen LogP contribution in [0.4, 0.5) is 0 Å². The Morgan fingerprint density at radius 2 is 1.91 bits per heavy atom. The SMILES string of the molecule is Cc1ccccc1-n1c(SC(C)C(=O)NC2CCCc3ccccc32)nnc1-c1cccnc1. The highest BCUT2D eigenvalue weighted by Crippen LogP contribution is 2.33. The Morgan fingerprint density at radius 1 is 1.09 bits per heavy atom. The first-order valence-corrected chi connectivity index (χ1v) is 12.5. The van der Waals surface area contributed by atoms with E-state index in [9.17, 15) is 4.79 Å². The molecule has 1 aliphatic rings. The van der Waals surface area contributed by atoms with Crippen molar-refractivity contribution in [3.63, 3.8) is 0 Å². The van der Waals surface area contributed by atoms with E-state index in [1.165, 1.54) is 22.9 Å². The summed E-state index contributed by atoms with van der Waals surface area (Å²) < 4.78 is 2.02. The molecular weight excluding hydrogens is 442 g/mol. The van der Waals surface area contributed by atoms with Gasteiger partial charge in [0.05, 0.1) is 17.0 Å². The fraction of sp³-hybridized carbons (Fsp3) is 0.259. The number of hydrogen-bond acceptors (Lipinski definition) is 5. The monoisotopic (exact) mass is 469 g/mol. The minimum absolute atomic E-state index is 0.00830. The van der Waals surface area contributed by atoms with Crippen LogP contribution in [-0.4, -0.2) is 30.9 Å². The van der Waals surface area contributed by atoms with Gasteiger partial charge in [-0.1, -0.05) is 54.2 Å². The van der Waals surface area contributed by atoms with Crippen LogP contribution < -0.4 is 5.32 Å². The Hall–Kier alpha value is -3.45. The van der Waals surface area contributed by atoms with Gasteiger partial charge in [-0.25, -0.2) is 0 Å². The largest absolute Gasteiger partial charge is 0.348 e. The smallest absolute Gasteiger partial charge is 0.233 e. The first kappa shape index (κ1) is 22.3. The third-order valence-electron chi connectivity index (χ3n) is 6.25. The molecule has 2 unspecified atom stereocenters. The van der Waals surface area contributed by atoms with E-state index in [0.29, 0.717) is 11.0 Å². The third kappa shape index (κ3) is 4.48. The molecule has 0 aliphatic heterocycles. The molecule has 1 aliphatic carbocycles. The Morgan fingerprint density at radius 3 is 2.74 bits per heavy atom. The molecular formula is C27H27N5OS. The molecule has 2 heterocycles. The summed E-state index contributed by atoms with van der Waals surface area (Å²) in [7, 11) is 0. The van der Waals surface area contributed by atoms with Crippen LogP contribution in [0.5, 0.6) is 0 Å². The molecule has 0 spiro atoms. The van der Waals surface area contributed by atoms with Crippen molar-refractivity contribution in [3.05, 3.63) is 89.7 Å².